The summed E-state index contributed by atoms with van der Waals surface area (Å²) in [6.07, 6.45) is 3.09. The van der Waals surface area contributed by atoms with E-state index in [1.54, 1.807) is 24.4 Å². The first-order chi connectivity index (χ1) is 7.66. The molecule has 0 amide bonds. The molecule has 1 aromatic carbocycles. The van der Waals surface area contributed by atoms with Crippen LogP contribution >= 0.6 is 15.9 Å². The molecule has 0 unspecified atom stereocenters. The van der Waals surface area contributed by atoms with Crippen molar-refractivity contribution >= 4 is 15.9 Å². The van der Waals surface area contributed by atoms with Crippen molar-refractivity contribution in [2.24, 2.45) is 0 Å². The van der Waals surface area contributed by atoms with Gasteiger partial charge in [-0.05, 0) is 39.7 Å². The van der Waals surface area contributed by atoms with Crippen LogP contribution in [0.25, 0.3) is 0 Å². The molecule has 0 saturated heterocycles. The van der Waals surface area contributed by atoms with Crippen molar-refractivity contribution in [1.82, 2.24) is 9.55 Å². The monoisotopic (exact) mass is 282 g/mol. The van der Waals surface area contributed by atoms with E-state index in [0.29, 0.717) is 11.0 Å². The third kappa shape index (κ3) is 2.36. The summed E-state index contributed by atoms with van der Waals surface area (Å²) in [7, 11) is 0. The minimum Gasteiger partial charge on any atom is -0.295 e. The summed E-state index contributed by atoms with van der Waals surface area (Å²) in [5.41, 5.74) is 0.520. The molecule has 0 N–H and O–H groups in total. The summed E-state index contributed by atoms with van der Waals surface area (Å²) in [5.74, 6) is -0.317. The average Bonchev–Trinajstić information content (AvgIpc) is 2.27. The van der Waals surface area contributed by atoms with Gasteiger partial charge in [0.25, 0.3) is 0 Å². The van der Waals surface area contributed by atoms with Crippen LogP contribution in [0, 0.1) is 5.82 Å². The third-order valence-corrected chi connectivity index (χ3v) is 2.73. The molecular formula is C11H8BrFN2O. The van der Waals surface area contributed by atoms with E-state index in [-0.39, 0.29) is 11.5 Å². The van der Waals surface area contributed by atoms with Gasteiger partial charge in [-0.25, -0.2) is 14.2 Å². The first-order valence-electron chi connectivity index (χ1n) is 4.62. The van der Waals surface area contributed by atoms with Crippen LogP contribution in [0.4, 0.5) is 4.39 Å². The number of benzene rings is 1. The van der Waals surface area contributed by atoms with E-state index in [1.807, 2.05) is 0 Å². The number of hydrogen-bond donors (Lipinski definition) is 0. The van der Waals surface area contributed by atoms with Crippen molar-refractivity contribution < 1.29 is 4.39 Å². The fourth-order valence-corrected chi connectivity index (χ4v) is 1.77. The summed E-state index contributed by atoms with van der Waals surface area (Å²) >= 11 is 3.10. The highest BCUT2D eigenvalue weighted by Gasteiger charge is 2.02. The van der Waals surface area contributed by atoms with Gasteiger partial charge in [-0.15, -0.1) is 0 Å². The number of rotatable bonds is 2. The minimum atomic E-state index is -0.317. The Morgan fingerprint density at radius 1 is 1.44 bits per heavy atom. The normalized spacial score (nSPS) is 10.4. The second kappa shape index (κ2) is 4.57. The molecule has 1 heterocycles. The number of nitrogens with zero attached hydrogens (tertiary/aromatic N) is 2. The number of hydrogen-bond acceptors (Lipinski definition) is 2. The first-order valence-corrected chi connectivity index (χ1v) is 5.41. The highest BCUT2D eigenvalue weighted by molar-refractivity contribution is 9.10. The van der Waals surface area contributed by atoms with Crippen LogP contribution in [0.3, 0.4) is 0 Å². The predicted octanol–water partition coefficient (Wildman–Crippen LogP) is 2.19. The fraction of sp³-hybridized carbons (Fsp3) is 0.0909. The van der Waals surface area contributed by atoms with Crippen molar-refractivity contribution in [3.63, 3.8) is 0 Å². The summed E-state index contributed by atoms with van der Waals surface area (Å²) in [6, 6.07) is 6.33. The smallest absolute Gasteiger partial charge is 0.295 e. The van der Waals surface area contributed by atoms with Crippen LogP contribution < -0.4 is 5.69 Å². The molecule has 2 rings (SSSR count). The van der Waals surface area contributed by atoms with Crippen molar-refractivity contribution in [1.29, 1.82) is 0 Å². The fourth-order valence-electron chi connectivity index (χ4n) is 1.34. The molecule has 0 aliphatic carbocycles. The first kappa shape index (κ1) is 11.0. The molecule has 82 valence electrons. The van der Waals surface area contributed by atoms with Gasteiger partial charge >= 0.3 is 5.69 Å². The van der Waals surface area contributed by atoms with Crippen molar-refractivity contribution in [3.05, 3.63) is 63.0 Å². The molecule has 2 aromatic rings. The van der Waals surface area contributed by atoms with Gasteiger partial charge in [-0.2, -0.15) is 0 Å². The van der Waals surface area contributed by atoms with E-state index in [0.717, 1.165) is 5.56 Å². The lowest BCUT2D eigenvalue weighted by Gasteiger charge is -2.05. The second-order valence-corrected chi connectivity index (χ2v) is 4.13. The Bertz CT molecular complexity index is 568. The van der Waals surface area contributed by atoms with Crippen molar-refractivity contribution in [2.45, 2.75) is 6.54 Å². The van der Waals surface area contributed by atoms with E-state index in [4.69, 9.17) is 0 Å². The van der Waals surface area contributed by atoms with Gasteiger partial charge in [0.1, 0.15) is 5.82 Å². The van der Waals surface area contributed by atoms with Gasteiger partial charge in [0.05, 0.1) is 11.0 Å². The third-order valence-electron chi connectivity index (χ3n) is 2.12. The summed E-state index contributed by atoms with van der Waals surface area (Å²) in [6.45, 7) is 0.381. The Kier molecular flexibility index (Phi) is 3.14. The second-order valence-electron chi connectivity index (χ2n) is 3.28. The molecule has 0 aliphatic heterocycles. The van der Waals surface area contributed by atoms with E-state index >= 15 is 0 Å². The predicted molar refractivity (Wildman–Crippen MR) is 61.7 cm³/mol. The maximum Gasteiger partial charge on any atom is 0.347 e. The molecule has 16 heavy (non-hydrogen) atoms. The quantitative estimate of drug-likeness (QED) is 0.846. The zero-order valence-electron chi connectivity index (χ0n) is 8.23. The van der Waals surface area contributed by atoms with Crippen LogP contribution in [-0.2, 0) is 6.54 Å². The Labute approximate surface area is 99.7 Å². The Morgan fingerprint density at radius 3 is 2.94 bits per heavy atom. The van der Waals surface area contributed by atoms with Gasteiger partial charge in [-0.1, -0.05) is 6.07 Å². The standard InChI is InChI=1S/C11H8BrFN2O/c12-9-6-8(2-3-10(9)13)7-15-5-1-4-14-11(15)16/h1-6H,7H2. The molecule has 0 saturated carbocycles. The van der Waals surface area contributed by atoms with Gasteiger partial charge in [0.15, 0.2) is 0 Å². The minimum absolute atomic E-state index is 0.317. The zero-order chi connectivity index (χ0) is 11.5. The van der Waals surface area contributed by atoms with Gasteiger partial charge < -0.3 is 0 Å². The topological polar surface area (TPSA) is 34.9 Å². The Hall–Kier alpha value is -1.49. The molecule has 5 heteroatoms. The van der Waals surface area contributed by atoms with E-state index < -0.39 is 0 Å². The van der Waals surface area contributed by atoms with Crippen LogP contribution in [0.2, 0.25) is 0 Å². The van der Waals surface area contributed by atoms with Gasteiger partial charge in [0.2, 0.25) is 0 Å². The summed E-state index contributed by atoms with van der Waals surface area (Å²) < 4.78 is 14.8. The molecule has 0 spiro atoms. The Balaban J connectivity index is 2.31. The van der Waals surface area contributed by atoms with E-state index in [2.05, 4.69) is 20.9 Å². The van der Waals surface area contributed by atoms with Crippen molar-refractivity contribution in [3.8, 4) is 0 Å². The van der Waals surface area contributed by atoms with Crippen molar-refractivity contribution in [2.75, 3.05) is 0 Å². The maximum atomic E-state index is 13.0. The molecule has 0 fully saturated rings. The number of halogens is 2. The highest BCUT2D eigenvalue weighted by atomic mass is 79.9. The molecule has 3 nitrogen and oxygen atoms in total. The molecular weight excluding hydrogens is 275 g/mol. The lowest BCUT2D eigenvalue weighted by atomic mass is 10.2. The molecule has 0 radical (unpaired) electrons. The van der Waals surface area contributed by atoms with E-state index in [1.165, 1.54) is 16.8 Å². The lowest BCUT2D eigenvalue weighted by molar-refractivity contribution is 0.619. The van der Waals surface area contributed by atoms with Crippen LogP contribution in [-0.4, -0.2) is 9.55 Å². The molecule has 0 aliphatic rings. The van der Waals surface area contributed by atoms with Crippen LogP contribution in [0.5, 0.6) is 0 Å². The molecule has 0 atom stereocenters. The maximum absolute atomic E-state index is 13.0. The van der Waals surface area contributed by atoms with Gasteiger partial charge in [0, 0.05) is 12.4 Å². The average molecular weight is 283 g/mol. The largest absolute Gasteiger partial charge is 0.347 e. The zero-order valence-corrected chi connectivity index (χ0v) is 9.82. The lowest BCUT2D eigenvalue weighted by Crippen LogP contribution is -2.21. The molecule has 1 aromatic heterocycles. The van der Waals surface area contributed by atoms with Gasteiger partial charge in [-0.3, -0.25) is 4.57 Å². The summed E-state index contributed by atoms with van der Waals surface area (Å²) in [4.78, 5) is 15.0. The number of aromatic nitrogens is 2. The Morgan fingerprint density at radius 2 is 2.25 bits per heavy atom. The van der Waals surface area contributed by atoms with Crippen LogP contribution in [0.15, 0.2) is 45.9 Å². The van der Waals surface area contributed by atoms with Crippen LogP contribution in [0.1, 0.15) is 5.56 Å². The van der Waals surface area contributed by atoms with E-state index in [9.17, 15) is 9.18 Å². The summed E-state index contributed by atoms with van der Waals surface area (Å²) in [5, 5.41) is 0. The SMILES string of the molecule is O=c1ncccn1Cc1ccc(F)c(Br)c1. The molecule has 0 bridgehead atoms. The highest BCUT2D eigenvalue weighted by Crippen LogP contribution is 2.17.